The second-order valence-electron chi connectivity index (χ2n) is 6.67. The molecule has 2 aliphatic rings. The molecule has 2 heterocycles. The van der Waals surface area contributed by atoms with E-state index in [1.807, 2.05) is 0 Å². The molecular weight excluding hydrogens is 388 g/mol. The minimum atomic E-state index is -3.84. The third-order valence-corrected chi connectivity index (χ3v) is 6.86. The normalized spacial score (nSPS) is 18.3. The predicted octanol–water partition coefficient (Wildman–Crippen LogP) is 2.05. The van der Waals surface area contributed by atoms with Gasteiger partial charge < -0.3 is 10.6 Å². The third-order valence-electron chi connectivity index (χ3n) is 5.01. The van der Waals surface area contributed by atoms with E-state index in [9.17, 15) is 18.0 Å². The highest BCUT2D eigenvalue weighted by Gasteiger charge is 2.35. The molecule has 2 aliphatic heterocycles. The second-order valence-corrected chi connectivity index (χ2v) is 8.56. The van der Waals surface area contributed by atoms with Gasteiger partial charge in [0.15, 0.2) is 5.78 Å². The van der Waals surface area contributed by atoms with E-state index in [-0.39, 0.29) is 56.6 Å². The van der Waals surface area contributed by atoms with Crippen molar-refractivity contribution in [3.63, 3.8) is 0 Å². The summed E-state index contributed by atoms with van der Waals surface area (Å²) < 4.78 is 25.9. The quantitative estimate of drug-likeness (QED) is 0.667. The summed E-state index contributed by atoms with van der Waals surface area (Å²) in [6.45, 7) is 1.09. The Balaban J connectivity index is 0.00000210. The average Bonchev–Trinajstić information content (AvgIpc) is 2.66. The van der Waals surface area contributed by atoms with Crippen LogP contribution in [0.4, 0.5) is 0 Å². The van der Waals surface area contributed by atoms with Gasteiger partial charge in [0, 0.05) is 35.8 Å². The molecule has 0 radical (unpaired) electrons. The Labute approximate surface area is 163 Å². The van der Waals surface area contributed by atoms with E-state index in [0.717, 1.165) is 12.8 Å². The van der Waals surface area contributed by atoms with Gasteiger partial charge in [-0.25, -0.2) is 8.42 Å². The molecule has 1 saturated heterocycles. The van der Waals surface area contributed by atoms with Gasteiger partial charge in [-0.2, -0.15) is 0 Å². The number of carbonyl (C=O) groups is 2. The van der Waals surface area contributed by atoms with Crippen molar-refractivity contribution in [2.75, 3.05) is 13.1 Å². The molecule has 27 heavy (non-hydrogen) atoms. The fourth-order valence-electron chi connectivity index (χ4n) is 3.50. The van der Waals surface area contributed by atoms with E-state index in [4.69, 9.17) is 5.73 Å². The summed E-state index contributed by atoms with van der Waals surface area (Å²) in [5.74, 6) is -0.574. The van der Waals surface area contributed by atoms with Crippen LogP contribution in [0, 0.1) is 0 Å². The number of ketones is 1. The van der Waals surface area contributed by atoms with Gasteiger partial charge in [-0.3, -0.25) is 9.59 Å². The highest BCUT2D eigenvalue weighted by Crippen LogP contribution is 2.35. The Hall–Kier alpha value is -2.22. The number of amides is 1. The molecule has 1 fully saturated rings. The lowest BCUT2D eigenvalue weighted by Crippen LogP contribution is -2.42. The first-order valence-electron chi connectivity index (χ1n) is 8.47. The summed E-state index contributed by atoms with van der Waals surface area (Å²) in [5.41, 5.74) is 6.42. The summed E-state index contributed by atoms with van der Waals surface area (Å²) in [7, 11) is -3.84. The number of hydrogen-bond donors (Lipinski definition) is 1. The van der Waals surface area contributed by atoms with Crippen LogP contribution in [-0.2, 0) is 9.84 Å². The lowest BCUT2D eigenvalue weighted by atomic mass is 10.00. The molecule has 2 N–H and O–H groups in total. The minimum Gasteiger partial charge on any atom is -0.339 e. The topological polar surface area (TPSA) is 97.5 Å². The lowest BCUT2D eigenvalue weighted by molar-refractivity contribution is 0.0714. The van der Waals surface area contributed by atoms with Crippen molar-refractivity contribution in [3.05, 3.63) is 59.2 Å². The van der Waals surface area contributed by atoms with Crippen LogP contribution < -0.4 is 5.73 Å². The number of piperidine rings is 1. The molecule has 0 unspecified atom stereocenters. The maximum Gasteiger partial charge on any atom is 0.253 e. The Morgan fingerprint density at radius 1 is 1.00 bits per heavy atom. The Bertz CT molecular complexity index is 1030. The van der Waals surface area contributed by atoms with Gasteiger partial charge in [0.05, 0.1) is 9.79 Å². The zero-order valence-corrected chi connectivity index (χ0v) is 16.1. The standard InChI is InChI=1S/C19H18N2O4S.ClH/c20-13-7-9-21(10-8-13)19(23)12-5-6-15-17(11-12)26(24,25)16-4-2-1-3-14(16)18(15)22;/h1-6,11,13H,7-10,20H2;1H. The number of sulfone groups is 1. The largest absolute Gasteiger partial charge is 0.339 e. The van der Waals surface area contributed by atoms with Crippen molar-refractivity contribution in [2.24, 2.45) is 5.73 Å². The summed E-state index contributed by atoms with van der Waals surface area (Å²) in [5, 5.41) is 0. The van der Waals surface area contributed by atoms with E-state index in [2.05, 4.69) is 0 Å². The fraction of sp³-hybridized carbons (Fsp3) is 0.263. The molecule has 0 atom stereocenters. The van der Waals surface area contributed by atoms with Crippen LogP contribution >= 0.6 is 12.4 Å². The molecule has 0 aliphatic carbocycles. The average molecular weight is 407 g/mol. The summed E-state index contributed by atoms with van der Waals surface area (Å²) >= 11 is 0. The molecule has 6 nitrogen and oxygen atoms in total. The number of fused-ring (bicyclic) bond motifs is 2. The summed E-state index contributed by atoms with van der Waals surface area (Å²) in [4.78, 5) is 26.9. The van der Waals surface area contributed by atoms with Crippen molar-refractivity contribution < 1.29 is 18.0 Å². The fourth-order valence-corrected chi connectivity index (χ4v) is 5.18. The molecule has 2 aromatic carbocycles. The molecule has 8 heteroatoms. The van der Waals surface area contributed by atoms with Gasteiger partial charge in [-0.05, 0) is 43.2 Å². The zero-order chi connectivity index (χ0) is 18.5. The number of carbonyl (C=O) groups excluding carboxylic acids is 2. The Kier molecular flexibility index (Phi) is 5.12. The van der Waals surface area contributed by atoms with Crippen molar-refractivity contribution in [3.8, 4) is 0 Å². The maximum atomic E-state index is 12.9. The van der Waals surface area contributed by atoms with Crippen LogP contribution in [0.1, 0.15) is 39.1 Å². The van der Waals surface area contributed by atoms with Gasteiger partial charge >= 0.3 is 0 Å². The van der Waals surface area contributed by atoms with Crippen LogP contribution in [0.5, 0.6) is 0 Å². The molecule has 0 bridgehead atoms. The van der Waals surface area contributed by atoms with Crippen molar-refractivity contribution in [1.29, 1.82) is 0 Å². The van der Waals surface area contributed by atoms with E-state index >= 15 is 0 Å². The van der Waals surface area contributed by atoms with Gasteiger partial charge in [0.1, 0.15) is 0 Å². The van der Waals surface area contributed by atoms with Crippen molar-refractivity contribution in [1.82, 2.24) is 4.90 Å². The zero-order valence-electron chi connectivity index (χ0n) is 14.4. The smallest absolute Gasteiger partial charge is 0.253 e. The van der Waals surface area contributed by atoms with Crippen LogP contribution in [0.15, 0.2) is 52.3 Å². The van der Waals surface area contributed by atoms with E-state index in [1.54, 1.807) is 17.0 Å². The minimum absolute atomic E-state index is 0. The molecule has 0 saturated carbocycles. The van der Waals surface area contributed by atoms with Crippen LogP contribution in [0.25, 0.3) is 0 Å². The first kappa shape index (κ1) is 19.5. The van der Waals surface area contributed by atoms with Crippen molar-refractivity contribution >= 4 is 33.9 Å². The number of hydrogen-bond acceptors (Lipinski definition) is 5. The van der Waals surface area contributed by atoms with Gasteiger partial charge in [-0.15, -0.1) is 12.4 Å². The number of benzene rings is 2. The molecule has 1 amide bonds. The summed E-state index contributed by atoms with van der Waals surface area (Å²) in [6, 6.07) is 10.5. The van der Waals surface area contributed by atoms with Crippen LogP contribution in [0.3, 0.4) is 0 Å². The Morgan fingerprint density at radius 3 is 2.33 bits per heavy atom. The van der Waals surface area contributed by atoms with Gasteiger partial charge in [0.2, 0.25) is 9.84 Å². The monoisotopic (exact) mass is 406 g/mol. The SMILES string of the molecule is Cl.NC1CCN(C(=O)c2ccc3c(c2)S(=O)(=O)c2ccccc2C3=O)CC1. The number of likely N-dealkylation sites (tertiary alicyclic amines) is 1. The van der Waals surface area contributed by atoms with E-state index < -0.39 is 9.84 Å². The summed E-state index contributed by atoms with van der Waals surface area (Å²) in [6.07, 6.45) is 1.45. The number of nitrogens with two attached hydrogens (primary N) is 1. The van der Waals surface area contributed by atoms with Gasteiger partial charge in [0.25, 0.3) is 5.91 Å². The van der Waals surface area contributed by atoms with Crippen LogP contribution in [-0.4, -0.2) is 44.1 Å². The van der Waals surface area contributed by atoms with Gasteiger partial charge in [-0.1, -0.05) is 12.1 Å². The first-order chi connectivity index (χ1) is 12.4. The predicted molar refractivity (Wildman–Crippen MR) is 102 cm³/mol. The molecule has 2 aromatic rings. The third kappa shape index (κ3) is 3.16. The van der Waals surface area contributed by atoms with E-state index in [1.165, 1.54) is 30.3 Å². The highest BCUT2D eigenvalue weighted by atomic mass is 35.5. The maximum absolute atomic E-state index is 12.9. The number of halogens is 1. The molecule has 0 aromatic heterocycles. The Morgan fingerprint density at radius 2 is 1.63 bits per heavy atom. The molecule has 0 spiro atoms. The van der Waals surface area contributed by atoms with E-state index in [0.29, 0.717) is 13.1 Å². The highest BCUT2D eigenvalue weighted by molar-refractivity contribution is 7.91. The first-order valence-corrected chi connectivity index (χ1v) is 9.95. The number of rotatable bonds is 1. The molecular formula is C19H19ClN2O4S. The number of nitrogens with zero attached hydrogens (tertiary/aromatic N) is 1. The molecule has 142 valence electrons. The second kappa shape index (κ2) is 7.07. The molecule has 4 rings (SSSR count). The lowest BCUT2D eigenvalue weighted by Gasteiger charge is -2.30. The van der Waals surface area contributed by atoms with Crippen LogP contribution in [0.2, 0.25) is 0 Å². The van der Waals surface area contributed by atoms with Crippen molar-refractivity contribution in [2.45, 2.75) is 28.7 Å².